The van der Waals surface area contributed by atoms with E-state index in [1.165, 1.54) is 0 Å². The number of pyridine rings is 1. The van der Waals surface area contributed by atoms with Crippen LogP contribution in [0.15, 0.2) is 18.3 Å². The Balaban J connectivity index is 1.71. The molecule has 1 atom stereocenters. The predicted octanol–water partition coefficient (Wildman–Crippen LogP) is 0.781. The van der Waals surface area contributed by atoms with Gasteiger partial charge in [0.05, 0.1) is 12.2 Å². The molecule has 2 aliphatic rings. The van der Waals surface area contributed by atoms with E-state index in [9.17, 15) is 10.1 Å². The highest BCUT2D eigenvalue weighted by Gasteiger charge is 2.33. The Labute approximate surface area is 123 Å². The van der Waals surface area contributed by atoms with Crippen LogP contribution in [0, 0.1) is 11.3 Å². The molecule has 0 bridgehead atoms. The predicted molar refractivity (Wildman–Crippen MR) is 76.7 cm³/mol. The van der Waals surface area contributed by atoms with Crippen molar-refractivity contribution in [1.29, 1.82) is 5.26 Å². The fourth-order valence-corrected chi connectivity index (χ4v) is 3.01. The van der Waals surface area contributed by atoms with Gasteiger partial charge in [-0.2, -0.15) is 5.26 Å². The van der Waals surface area contributed by atoms with Crippen LogP contribution in [0.3, 0.4) is 0 Å². The van der Waals surface area contributed by atoms with Crippen LogP contribution in [-0.4, -0.2) is 54.7 Å². The monoisotopic (exact) mass is 286 g/mol. The highest BCUT2D eigenvalue weighted by molar-refractivity contribution is 5.77. The van der Waals surface area contributed by atoms with Gasteiger partial charge in [-0.1, -0.05) is 0 Å². The zero-order valence-electron chi connectivity index (χ0n) is 11.9. The van der Waals surface area contributed by atoms with E-state index in [1.54, 1.807) is 18.3 Å². The molecule has 2 saturated heterocycles. The van der Waals surface area contributed by atoms with Gasteiger partial charge >= 0.3 is 5.97 Å². The van der Waals surface area contributed by atoms with Crippen molar-refractivity contribution in [2.75, 3.05) is 37.7 Å². The molecule has 0 aliphatic carbocycles. The lowest BCUT2D eigenvalue weighted by Crippen LogP contribution is -2.41. The number of hydrogen-bond donors (Lipinski definition) is 0. The Kier molecular flexibility index (Phi) is 4.02. The lowest BCUT2D eigenvalue weighted by atomic mass is 10.2. The number of nitrogens with zero attached hydrogens (tertiary/aromatic N) is 4. The molecule has 0 amide bonds. The highest BCUT2D eigenvalue weighted by atomic mass is 16.5. The minimum absolute atomic E-state index is 0.0934. The number of nitriles is 1. The molecule has 0 saturated carbocycles. The topological polar surface area (TPSA) is 69.5 Å². The van der Waals surface area contributed by atoms with Gasteiger partial charge in [-0.25, -0.2) is 4.98 Å². The molecule has 110 valence electrons. The molecule has 6 heteroatoms. The molecule has 0 radical (unpaired) electrons. The first-order valence-electron chi connectivity index (χ1n) is 7.30. The lowest BCUT2D eigenvalue weighted by Gasteiger charge is -2.25. The van der Waals surface area contributed by atoms with E-state index in [1.807, 2.05) is 0 Å². The Morgan fingerprint density at radius 3 is 3.00 bits per heavy atom. The van der Waals surface area contributed by atoms with Crippen molar-refractivity contribution < 1.29 is 9.53 Å². The summed E-state index contributed by atoms with van der Waals surface area (Å²) in [4.78, 5) is 20.4. The first-order valence-corrected chi connectivity index (χ1v) is 7.30. The summed E-state index contributed by atoms with van der Waals surface area (Å²) in [5.41, 5.74) is 0.603. The molecule has 1 aromatic heterocycles. The van der Waals surface area contributed by atoms with Gasteiger partial charge in [-0.15, -0.1) is 0 Å². The van der Waals surface area contributed by atoms with Crippen LogP contribution in [0.2, 0.25) is 0 Å². The van der Waals surface area contributed by atoms with E-state index >= 15 is 0 Å². The molecule has 0 spiro atoms. The molecule has 1 unspecified atom stereocenters. The maximum absolute atomic E-state index is 11.7. The molecule has 0 aromatic carbocycles. The van der Waals surface area contributed by atoms with Crippen molar-refractivity contribution in [2.24, 2.45) is 0 Å². The average Bonchev–Trinajstić information content (AvgIpc) is 2.80. The molecule has 2 fully saturated rings. The average molecular weight is 286 g/mol. The number of anilines is 1. The number of hydrogen-bond acceptors (Lipinski definition) is 6. The van der Waals surface area contributed by atoms with E-state index in [0.29, 0.717) is 12.2 Å². The normalized spacial score (nSPS) is 23.5. The Hall–Kier alpha value is -2.13. The summed E-state index contributed by atoms with van der Waals surface area (Å²) in [6.07, 6.45) is 3.45. The van der Waals surface area contributed by atoms with E-state index in [2.05, 4.69) is 20.9 Å². The molecule has 3 heterocycles. The smallest absolute Gasteiger partial charge is 0.323 e. The first-order chi connectivity index (χ1) is 10.3. The van der Waals surface area contributed by atoms with Gasteiger partial charge in [0.25, 0.3) is 0 Å². The summed E-state index contributed by atoms with van der Waals surface area (Å²) in [5.74, 6) is 0.648. The molecule has 2 aliphatic heterocycles. The number of rotatable bonds is 2. The number of ether oxygens (including phenoxy) is 1. The number of cyclic esters (lactones) is 1. The van der Waals surface area contributed by atoms with Crippen LogP contribution in [0.5, 0.6) is 0 Å². The van der Waals surface area contributed by atoms with Crippen molar-refractivity contribution in [3.63, 3.8) is 0 Å². The van der Waals surface area contributed by atoms with Crippen LogP contribution in [0.1, 0.15) is 18.4 Å². The second-order valence-corrected chi connectivity index (χ2v) is 5.33. The second-order valence-electron chi connectivity index (χ2n) is 5.33. The summed E-state index contributed by atoms with van der Waals surface area (Å²) < 4.78 is 5.06. The molecular formula is C15H18N4O2. The summed E-state index contributed by atoms with van der Waals surface area (Å²) >= 11 is 0. The third kappa shape index (κ3) is 2.83. The van der Waals surface area contributed by atoms with Gasteiger partial charge in [0.1, 0.15) is 17.9 Å². The fraction of sp³-hybridized carbons (Fsp3) is 0.533. The molecule has 1 aromatic rings. The van der Waals surface area contributed by atoms with Gasteiger partial charge < -0.3 is 9.64 Å². The van der Waals surface area contributed by atoms with Gasteiger partial charge in [0.15, 0.2) is 0 Å². The lowest BCUT2D eigenvalue weighted by molar-refractivity contribution is -0.142. The molecule has 21 heavy (non-hydrogen) atoms. The molecular weight excluding hydrogens is 268 g/mol. The minimum Gasteiger partial charge on any atom is -0.464 e. The quantitative estimate of drug-likeness (QED) is 0.748. The van der Waals surface area contributed by atoms with Crippen molar-refractivity contribution in [1.82, 2.24) is 9.88 Å². The van der Waals surface area contributed by atoms with Crippen molar-refractivity contribution >= 4 is 11.8 Å². The second kappa shape index (κ2) is 6.10. The van der Waals surface area contributed by atoms with Crippen LogP contribution in [0.4, 0.5) is 5.82 Å². The van der Waals surface area contributed by atoms with Gasteiger partial charge in [-0.3, -0.25) is 9.69 Å². The Morgan fingerprint density at radius 1 is 1.33 bits per heavy atom. The zero-order valence-corrected chi connectivity index (χ0v) is 11.9. The molecule has 0 N–H and O–H groups in total. The van der Waals surface area contributed by atoms with E-state index in [-0.39, 0.29) is 12.0 Å². The highest BCUT2D eigenvalue weighted by Crippen LogP contribution is 2.21. The molecule has 3 rings (SSSR count). The number of aromatic nitrogens is 1. The van der Waals surface area contributed by atoms with Crippen LogP contribution in [-0.2, 0) is 9.53 Å². The van der Waals surface area contributed by atoms with Crippen LogP contribution < -0.4 is 4.90 Å². The zero-order chi connectivity index (χ0) is 14.7. The number of carbonyl (C=O) groups is 1. The van der Waals surface area contributed by atoms with Gasteiger partial charge in [0.2, 0.25) is 0 Å². The largest absolute Gasteiger partial charge is 0.464 e. The van der Waals surface area contributed by atoms with E-state index in [4.69, 9.17) is 4.74 Å². The van der Waals surface area contributed by atoms with Crippen molar-refractivity contribution in [3.8, 4) is 6.07 Å². The Morgan fingerprint density at radius 2 is 2.24 bits per heavy atom. The third-order valence-electron chi connectivity index (χ3n) is 4.09. The standard InChI is InChI=1S/C15H18N4O2/c16-11-12-3-1-5-17-14(12)19-7-2-6-18(8-9-19)13-4-10-21-15(13)20/h1,3,5,13H,2,4,6-10H2. The van der Waals surface area contributed by atoms with Crippen molar-refractivity contribution in [3.05, 3.63) is 23.9 Å². The van der Waals surface area contributed by atoms with Crippen LogP contribution in [0.25, 0.3) is 0 Å². The first kappa shape index (κ1) is 13.8. The maximum atomic E-state index is 11.7. The van der Waals surface area contributed by atoms with E-state index < -0.39 is 0 Å². The summed E-state index contributed by atoms with van der Waals surface area (Å²) in [5, 5.41) is 9.19. The summed E-state index contributed by atoms with van der Waals surface area (Å²) in [6, 6.07) is 5.67. The van der Waals surface area contributed by atoms with Gasteiger partial charge in [-0.05, 0) is 18.6 Å². The van der Waals surface area contributed by atoms with E-state index in [0.717, 1.165) is 44.8 Å². The van der Waals surface area contributed by atoms with Crippen molar-refractivity contribution in [2.45, 2.75) is 18.9 Å². The summed E-state index contributed by atoms with van der Waals surface area (Å²) in [6.45, 7) is 3.83. The third-order valence-corrected chi connectivity index (χ3v) is 4.09. The minimum atomic E-state index is -0.0981. The molecule has 6 nitrogen and oxygen atoms in total. The van der Waals surface area contributed by atoms with Crippen LogP contribution >= 0.6 is 0 Å². The Bertz CT molecular complexity index is 569. The fourth-order valence-electron chi connectivity index (χ4n) is 3.01. The SMILES string of the molecule is N#Cc1cccnc1N1CCCN(C2CCOC2=O)CC1. The number of esters is 1. The summed E-state index contributed by atoms with van der Waals surface area (Å²) in [7, 11) is 0. The number of carbonyl (C=O) groups excluding carboxylic acids is 1. The maximum Gasteiger partial charge on any atom is 0.323 e. The van der Waals surface area contributed by atoms with Gasteiger partial charge in [0, 0.05) is 38.8 Å².